The minimum Gasteiger partial charge on any atom is -0.507 e. The Balaban J connectivity index is 2.54. The summed E-state index contributed by atoms with van der Waals surface area (Å²) in [6.07, 6.45) is -3.08. The summed E-state index contributed by atoms with van der Waals surface area (Å²) in [5.41, 5.74) is -2.99. The molecule has 1 heterocycles. The molecule has 2 aliphatic rings. The van der Waals surface area contributed by atoms with E-state index in [0.29, 0.717) is 12.5 Å². The van der Waals surface area contributed by atoms with Gasteiger partial charge in [0.1, 0.15) is 29.9 Å². The topological polar surface area (TPSA) is 96.3 Å². The Morgan fingerprint density at radius 2 is 1.96 bits per heavy atom. The van der Waals surface area contributed by atoms with Gasteiger partial charge in [0, 0.05) is 24.5 Å². The Bertz CT molecular complexity index is 751. The van der Waals surface area contributed by atoms with Gasteiger partial charge < -0.3 is 14.6 Å². The second kappa shape index (κ2) is 8.06. The van der Waals surface area contributed by atoms with Gasteiger partial charge in [-0.3, -0.25) is 14.8 Å². The predicted molar refractivity (Wildman–Crippen MR) is 90.1 cm³/mol. The molecule has 1 fully saturated rings. The van der Waals surface area contributed by atoms with E-state index in [0.717, 1.165) is 6.08 Å². The average Bonchev–Trinajstić information content (AvgIpc) is 2.59. The highest BCUT2D eigenvalue weighted by molar-refractivity contribution is 6.24. The maximum Gasteiger partial charge on any atom is 0.433 e. The summed E-state index contributed by atoms with van der Waals surface area (Å²) in [6.45, 7) is 2.46. The van der Waals surface area contributed by atoms with Gasteiger partial charge in [-0.25, -0.2) is 5.06 Å². The zero-order chi connectivity index (χ0) is 21.3. The molecule has 10 heteroatoms. The van der Waals surface area contributed by atoms with Gasteiger partial charge in [0.15, 0.2) is 11.6 Å². The third-order valence-electron chi connectivity index (χ3n) is 4.70. The Morgan fingerprint density at radius 1 is 1.32 bits per heavy atom. The summed E-state index contributed by atoms with van der Waals surface area (Å²) in [6, 6.07) is -1.50. The Hall–Kier alpha value is -2.17. The van der Waals surface area contributed by atoms with Crippen molar-refractivity contribution in [2.75, 3.05) is 20.5 Å². The molecule has 156 valence electrons. The molecule has 0 aromatic carbocycles. The molecule has 0 spiro atoms. The quantitative estimate of drug-likeness (QED) is 0.239. The summed E-state index contributed by atoms with van der Waals surface area (Å²) in [5.74, 6) is -1.96. The van der Waals surface area contributed by atoms with Crippen molar-refractivity contribution in [3.63, 3.8) is 0 Å². The number of hydroxylamine groups is 2. The molecule has 0 saturated heterocycles. The number of hydrogen-bond donors (Lipinski definition) is 2. The lowest BCUT2D eigenvalue weighted by molar-refractivity contribution is -0.187. The van der Waals surface area contributed by atoms with Crippen LogP contribution in [-0.2, 0) is 19.1 Å². The van der Waals surface area contributed by atoms with E-state index in [1.807, 2.05) is 0 Å². The van der Waals surface area contributed by atoms with Crippen molar-refractivity contribution in [2.45, 2.75) is 38.9 Å². The number of Topliss-reactive ketones (excluding diaryl/α,β-unsaturated/α-hetero) is 2. The Morgan fingerprint density at radius 3 is 2.54 bits per heavy atom. The molecule has 0 amide bonds. The number of aliphatic hydroxyl groups is 1. The fourth-order valence-corrected chi connectivity index (χ4v) is 3.03. The number of rotatable bonds is 5. The van der Waals surface area contributed by atoms with E-state index in [1.54, 1.807) is 13.8 Å². The van der Waals surface area contributed by atoms with E-state index in [4.69, 9.17) is 4.74 Å². The first-order valence-electron chi connectivity index (χ1n) is 8.47. The molecule has 1 aliphatic carbocycles. The number of carbonyl (C=O) groups is 2. The predicted octanol–water partition coefficient (Wildman–Crippen LogP) is 2.82. The molecule has 0 aromatic rings. The van der Waals surface area contributed by atoms with Crippen LogP contribution in [0, 0.1) is 5.41 Å². The van der Waals surface area contributed by atoms with Crippen molar-refractivity contribution in [3.8, 4) is 0 Å². The summed E-state index contributed by atoms with van der Waals surface area (Å²) in [5, 5.41) is 20.6. The minimum atomic E-state index is -4.86. The van der Waals surface area contributed by atoms with Gasteiger partial charge in [-0.05, 0) is 12.5 Å². The number of nitrogens with zero attached hydrogens (tertiary/aromatic N) is 1. The number of aliphatic hydroxyl groups excluding tert-OH is 1. The summed E-state index contributed by atoms with van der Waals surface area (Å²) < 4.78 is 49.1. The second-order valence-corrected chi connectivity index (χ2v) is 7.17. The Kier molecular flexibility index (Phi) is 6.37. The van der Waals surface area contributed by atoms with Gasteiger partial charge in [-0.2, -0.15) is 13.2 Å². The van der Waals surface area contributed by atoms with Crippen LogP contribution in [0.3, 0.4) is 0 Å². The smallest absolute Gasteiger partial charge is 0.433 e. The number of alkyl halides is 3. The molecule has 0 radical (unpaired) electrons. The van der Waals surface area contributed by atoms with Gasteiger partial charge in [0.2, 0.25) is 0 Å². The number of hydrogen-bond acceptors (Lipinski definition) is 7. The first-order valence-corrected chi connectivity index (χ1v) is 8.47. The zero-order valence-corrected chi connectivity index (χ0v) is 15.7. The normalized spacial score (nSPS) is 24.8. The molecule has 0 aromatic heterocycles. The number of carbonyl (C=O) groups excluding carboxylic acids is 2. The third kappa shape index (κ3) is 4.29. The van der Waals surface area contributed by atoms with Crippen LogP contribution in [0.25, 0.3) is 0 Å². The van der Waals surface area contributed by atoms with E-state index >= 15 is 0 Å². The highest BCUT2D eigenvalue weighted by Crippen LogP contribution is 2.39. The molecule has 2 N–H and O–H groups in total. The van der Waals surface area contributed by atoms with Crippen LogP contribution in [0.2, 0.25) is 0 Å². The molecular weight excluding hydrogens is 383 g/mol. The standard InChI is InChI=1S/C18H22F3NO6/c1-17(2)7-6-12(23)14(16(17)25)15(24)10-4-5-13(18(19,20)21)22(26)11(10)8-28-9-27-3/h4-5,11,24,26H,6-9H2,1-3H3. The number of ether oxygens (including phenoxy) is 2. The number of allylic oxidation sites excluding steroid dienone is 4. The highest BCUT2D eigenvalue weighted by Gasteiger charge is 2.45. The molecule has 1 saturated carbocycles. The molecule has 28 heavy (non-hydrogen) atoms. The van der Waals surface area contributed by atoms with Crippen LogP contribution in [0.5, 0.6) is 0 Å². The first kappa shape index (κ1) is 22.1. The van der Waals surface area contributed by atoms with E-state index in [-0.39, 0.29) is 23.9 Å². The van der Waals surface area contributed by atoms with Crippen LogP contribution >= 0.6 is 0 Å². The van der Waals surface area contributed by atoms with Crippen LogP contribution in [0.1, 0.15) is 26.7 Å². The molecule has 7 nitrogen and oxygen atoms in total. The molecule has 0 bridgehead atoms. The lowest BCUT2D eigenvalue weighted by Gasteiger charge is -2.35. The maximum absolute atomic E-state index is 13.1. The maximum atomic E-state index is 13.1. The zero-order valence-electron chi connectivity index (χ0n) is 15.7. The second-order valence-electron chi connectivity index (χ2n) is 7.17. The molecule has 1 atom stereocenters. The number of methoxy groups -OCH3 is 1. The lowest BCUT2D eigenvalue weighted by Crippen LogP contribution is -2.44. The molecule has 1 unspecified atom stereocenters. The Labute approximate surface area is 159 Å². The van der Waals surface area contributed by atoms with Gasteiger partial charge in [0.05, 0.1) is 6.61 Å². The van der Waals surface area contributed by atoms with Crippen molar-refractivity contribution in [1.82, 2.24) is 5.06 Å². The van der Waals surface area contributed by atoms with Crippen LogP contribution in [0.15, 0.2) is 34.8 Å². The van der Waals surface area contributed by atoms with E-state index in [2.05, 4.69) is 4.74 Å². The fourth-order valence-electron chi connectivity index (χ4n) is 3.03. The van der Waals surface area contributed by atoms with E-state index in [1.165, 1.54) is 7.11 Å². The van der Waals surface area contributed by atoms with Gasteiger partial charge in [-0.1, -0.05) is 19.9 Å². The van der Waals surface area contributed by atoms with Gasteiger partial charge >= 0.3 is 6.18 Å². The van der Waals surface area contributed by atoms with Crippen molar-refractivity contribution in [3.05, 3.63) is 34.8 Å². The number of ketones is 2. The fraction of sp³-hybridized carbons (Fsp3) is 0.556. The molecular formula is C18H22F3NO6. The van der Waals surface area contributed by atoms with Crippen LogP contribution in [0.4, 0.5) is 13.2 Å². The molecule has 2 rings (SSSR count). The van der Waals surface area contributed by atoms with Gasteiger partial charge in [0.25, 0.3) is 0 Å². The summed E-state index contributed by atoms with van der Waals surface area (Å²) in [7, 11) is 1.30. The van der Waals surface area contributed by atoms with Crippen molar-refractivity contribution < 1.29 is 42.5 Å². The number of halogens is 3. The SMILES string of the molecule is COCOCC1C(C(O)=C2C(=O)CCC(C)(C)C2=O)=CC=C(C(F)(F)F)N1O. The van der Waals surface area contributed by atoms with E-state index in [9.17, 15) is 33.1 Å². The van der Waals surface area contributed by atoms with Crippen molar-refractivity contribution in [2.24, 2.45) is 5.41 Å². The van der Waals surface area contributed by atoms with E-state index < -0.39 is 52.8 Å². The van der Waals surface area contributed by atoms with Crippen molar-refractivity contribution >= 4 is 11.6 Å². The summed E-state index contributed by atoms with van der Waals surface area (Å²) >= 11 is 0. The van der Waals surface area contributed by atoms with Crippen LogP contribution < -0.4 is 0 Å². The molecule has 1 aliphatic heterocycles. The lowest BCUT2D eigenvalue weighted by atomic mass is 9.72. The first-order chi connectivity index (χ1) is 12.9. The van der Waals surface area contributed by atoms with Crippen LogP contribution in [-0.4, -0.2) is 59.7 Å². The summed E-state index contributed by atoms with van der Waals surface area (Å²) in [4.78, 5) is 24.9. The average molecular weight is 405 g/mol. The largest absolute Gasteiger partial charge is 0.507 e. The minimum absolute atomic E-state index is 0.0166. The monoisotopic (exact) mass is 405 g/mol. The third-order valence-corrected chi connectivity index (χ3v) is 4.70. The van der Waals surface area contributed by atoms with Gasteiger partial charge in [-0.15, -0.1) is 0 Å². The highest BCUT2D eigenvalue weighted by atomic mass is 19.4. The van der Waals surface area contributed by atoms with Crippen molar-refractivity contribution in [1.29, 1.82) is 0 Å².